The maximum Gasteiger partial charge on any atom is 0.393 e. The first-order chi connectivity index (χ1) is 10.6. The molecule has 1 aliphatic carbocycles. The summed E-state index contributed by atoms with van der Waals surface area (Å²) in [5.41, 5.74) is 1.61. The van der Waals surface area contributed by atoms with E-state index in [9.17, 15) is 14.9 Å². The van der Waals surface area contributed by atoms with E-state index in [1.807, 2.05) is 0 Å². The summed E-state index contributed by atoms with van der Waals surface area (Å²) >= 11 is 1.29. The molecule has 0 fully saturated rings. The van der Waals surface area contributed by atoms with Crippen molar-refractivity contribution in [1.82, 2.24) is 9.38 Å². The minimum Gasteiger partial charge on any atom is -0.432 e. The number of hydrogen-bond acceptors (Lipinski definition) is 6. The van der Waals surface area contributed by atoms with Gasteiger partial charge in [0.25, 0.3) is 4.96 Å². The number of aryl methyl sites for hydroxylation is 1. The molecule has 0 atom stereocenters. The zero-order valence-corrected chi connectivity index (χ0v) is 12.0. The number of benzene rings is 1. The van der Waals surface area contributed by atoms with Crippen LogP contribution in [0.2, 0.25) is 0 Å². The minimum atomic E-state index is -0.515. The Morgan fingerprint density at radius 1 is 1.36 bits per heavy atom. The van der Waals surface area contributed by atoms with E-state index in [1.165, 1.54) is 15.7 Å². The van der Waals surface area contributed by atoms with Gasteiger partial charge in [-0.3, -0.25) is 4.79 Å². The first-order valence-electron chi connectivity index (χ1n) is 6.57. The van der Waals surface area contributed by atoms with Crippen LogP contribution in [-0.4, -0.2) is 20.1 Å². The zero-order chi connectivity index (χ0) is 15.3. The van der Waals surface area contributed by atoms with E-state index in [0.29, 0.717) is 29.1 Å². The van der Waals surface area contributed by atoms with Crippen molar-refractivity contribution in [2.24, 2.45) is 0 Å². The van der Waals surface area contributed by atoms with Gasteiger partial charge in [0, 0.05) is 17.4 Å². The molecule has 8 heteroatoms. The van der Waals surface area contributed by atoms with Crippen molar-refractivity contribution in [3.05, 3.63) is 51.0 Å². The average molecular weight is 315 g/mol. The number of aromatic nitrogens is 2. The Labute approximate surface area is 127 Å². The summed E-state index contributed by atoms with van der Waals surface area (Å²) in [6.07, 6.45) is 2.75. The lowest BCUT2D eigenvalue weighted by molar-refractivity contribution is -0.391. The fourth-order valence-corrected chi connectivity index (χ4v) is 3.30. The second-order valence-corrected chi connectivity index (χ2v) is 5.77. The van der Waals surface area contributed by atoms with Gasteiger partial charge in [0.05, 0.1) is 0 Å². The highest BCUT2D eigenvalue weighted by molar-refractivity contribution is 7.15. The standard InChI is InChI=1S/C14H9N3O4S/c18-11-4-1-8-7-9(2-3-10(8)11)21-12-13(17(19)20)16-5-6-22-14(16)15-12/h2-3,5-7H,1,4H2. The van der Waals surface area contributed by atoms with Gasteiger partial charge in [-0.25, -0.2) is 0 Å². The van der Waals surface area contributed by atoms with Crippen molar-refractivity contribution in [3.8, 4) is 11.6 Å². The predicted molar refractivity (Wildman–Crippen MR) is 78.9 cm³/mol. The average Bonchev–Trinajstić information content (AvgIpc) is 3.13. The Kier molecular flexibility index (Phi) is 2.73. The lowest BCUT2D eigenvalue weighted by Crippen LogP contribution is -1.96. The van der Waals surface area contributed by atoms with Gasteiger partial charge in [0.1, 0.15) is 11.9 Å². The predicted octanol–water partition coefficient (Wildman–Crippen LogP) is 3.23. The van der Waals surface area contributed by atoms with Crippen molar-refractivity contribution in [2.45, 2.75) is 12.8 Å². The van der Waals surface area contributed by atoms with Crippen molar-refractivity contribution < 1.29 is 14.5 Å². The van der Waals surface area contributed by atoms with Gasteiger partial charge in [-0.05, 0) is 35.1 Å². The summed E-state index contributed by atoms with van der Waals surface area (Å²) in [7, 11) is 0. The van der Waals surface area contributed by atoms with Gasteiger partial charge in [-0.1, -0.05) is 11.3 Å². The molecular weight excluding hydrogens is 306 g/mol. The fourth-order valence-electron chi connectivity index (χ4n) is 2.60. The molecule has 110 valence electrons. The van der Waals surface area contributed by atoms with Crippen LogP contribution in [0.3, 0.4) is 0 Å². The van der Waals surface area contributed by atoms with Crippen LogP contribution >= 0.6 is 11.3 Å². The number of imidazole rings is 1. The number of nitro groups is 1. The number of ketones is 1. The van der Waals surface area contributed by atoms with Gasteiger partial charge in [-0.2, -0.15) is 9.38 Å². The third-order valence-electron chi connectivity index (χ3n) is 3.59. The largest absolute Gasteiger partial charge is 0.432 e. The quantitative estimate of drug-likeness (QED) is 0.547. The Balaban J connectivity index is 1.75. The summed E-state index contributed by atoms with van der Waals surface area (Å²) in [6, 6.07) is 5.08. The lowest BCUT2D eigenvalue weighted by Gasteiger charge is -2.04. The molecule has 2 heterocycles. The van der Waals surface area contributed by atoms with E-state index in [4.69, 9.17) is 4.74 Å². The third-order valence-corrected chi connectivity index (χ3v) is 4.35. The van der Waals surface area contributed by atoms with Crippen molar-refractivity contribution in [1.29, 1.82) is 0 Å². The molecular formula is C14H9N3O4S. The molecule has 0 bridgehead atoms. The molecule has 3 aromatic rings. The maximum atomic E-state index is 11.6. The number of fused-ring (bicyclic) bond motifs is 2. The lowest BCUT2D eigenvalue weighted by atomic mass is 10.1. The minimum absolute atomic E-state index is 0.0406. The molecule has 0 unspecified atom stereocenters. The number of thiazole rings is 1. The number of ether oxygens (including phenoxy) is 1. The molecule has 0 N–H and O–H groups in total. The molecule has 7 nitrogen and oxygen atoms in total. The van der Waals surface area contributed by atoms with E-state index in [-0.39, 0.29) is 17.5 Å². The van der Waals surface area contributed by atoms with Crippen LogP contribution in [-0.2, 0) is 6.42 Å². The first kappa shape index (κ1) is 13.0. The number of hydrogen-bond donors (Lipinski definition) is 0. The summed E-state index contributed by atoms with van der Waals surface area (Å²) in [6.45, 7) is 0. The molecule has 0 aliphatic heterocycles. The molecule has 2 aromatic heterocycles. The molecule has 4 rings (SSSR count). The van der Waals surface area contributed by atoms with Crippen molar-refractivity contribution >= 4 is 27.9 Å². The SMILES string of the molecule is O=C1CCc2cc(Oc3nc4sccn4c3[N+](=O)[O-])ccc21. The number of carbonyl (C=O) groups is 1. The molecule has 0 saturated heterocycles. The monoisotopic (exact) mass is 315 g/mol. The molecule has 0 spiro atoms. The molecule has 1 aromatic carbocycles. The highest BCUT2D eigenvalue weighted by Crippen LogP contribution is 2.35. The van der Waals surface area contributed by atoms with Gasteiger partial charge in [0.2, 0.25) is 0 Å². The van der Waals surface area contributed by atoms with E-state index < -0.39 is 4.92 Å². The van der Waals surface area contributed by atoms with Gasteiger partial charge < -0.3 is 14.9 Å². The van der Waals surface area contributed by atoms with Crippen LogP contribution in [0, 0.1) is 10.1 Å². The van der Waals surface area contributed by atoms with Gasteiger partial charge in [-0.15, -0.1) is 0 Å². The van der Waals surface area contributed by atoms with Crippen LogP contribution in [0.25, 0.3) is 4.96 Å². The second kappa shape index (κ2) is 4.63. The van der Waals surface area contributed by atoms with Gasteiger partial charge >= 0.3 is 11.7 Å². The summed E-state index contributed by atoms with van der Waals surface area (Å²) in [5, 5.41) is 13.0. The second-order valence-electron chi connectivity index (χ2n) is 4.90. The summed E-state index contributed by atoms with van der Waals surface area (Å²) in [5.74, 6) is 0.325. The molecule has 0 radical (unpaired) electrons. The first-order valence-corrected chi connectivity index (χ1v) is 7.45. The Morgan fingerprint density at radius 3 is 3.05 bits per heavy atom. The third kappa shape index (κ3) is 1.88. The maximum absolute atomic E-state index is 11.6. The van der Waals surface area contributed by atoms with Crippen LogP contribution < -0.4 is 4.74 Å². The highest BCUT2D eigenvalue weighted by Gasteiger charge is 2.26. The number of nitrogens with zero attached hydrogens (tertiary/aromatic N) is 3. The fraction of sp³-hybridized carbons (Fsp3) is 0.143. The van der Waals surface area contributed by atoms with E-state index in [1.54, 1.807) is 29.8 Å². The van der Waals surface area contributed by atoms with Crippen LogP contribution in [0.5, 0.6) is 11.6 Å². The highest BCUT2D eigenvalue weighted by atomic mass is 32.1. The smallest absolute Gasteiger partial charge is 0.393 e. The zero-order valence-electron chi connectivity index (χ0n) is 11.2. The normalized spacial score (nSPS) is 13.5. The number of carbonyl (C=O) groups excluding carboxylic acids is 1. The Bertz CT molecular complexity index is 927. The topological polar surface area (TPSA) is 86.7 Å². The molecule has 0 amide bonds. The van der Waals surface area contributed by atoms with E-state index >= 15 is 0 Å². The molecule has 1 aliphatic rings. The molecule has 0 saturated carbocycles. The van der Waals surface area contributed by atoms with Gasteiger partial charge in [0.15, 0.2) is 5.78 Å². The van der Waals surface area contributed by atoms with Crippen LogP contribution in [0.15, 0.2) is 29.8 Å². The number of Topliss-reactive ketones (excluding diaryl/α,β-unsaturated/α-hetero) is 1. The van der Waals surface area contributed by atoms with Crippen LogP contribution in [0.1, 0.15) is 22.3 Å². The van der Waals surface area contributed by atoms with E-state index in [2.05, 4.69) is 4.98 Å². The van der Waals surface area contributed by atoms with Crippen molar-refractivity contribution in [2.75, 3.05) is 0 Å². The summed E-state index contributed by atoms with van der Waals surface area (Å²) < 4.78 is 6.98. The van der Waals surface area contributed by atoms with Crippen LogP contribution in [0.4, 0.5) is 5.82 Å². The summed E-state index contributed by atoms with van der Waals surface area (Å²) in [4.78, 5) is 27.0. The Morgan fingerprint density at radius 2 is 2.23 bits per heavy atom. The number of rotatable bonds is 3. The van der Waals surface area contributed by atoms with E-state index in [0.717, 1.165) is 5.56 Å². The molecule has 22 heavy (non-hydrogen) atoms. The Hall–Kier alpha value is -2.74. The van der Waals surface area contributed by atoms with Crippen molar-refractivity contribution in [3.63, 3.8) is 0 Å².